The van der Waals surface area contributed by atoms with E-state index in [1.54, 1.807) is 0 Å². The van der Waals surface area contributed by atoms with Crippen molar-refractivity contribution in [3.63, 3.8) is 0 Å². The van der Waals surface area contributed by atoms with E-state index in [-0.39, 0.29) is 12.1 Å². The van der Waals surface area contributed by atoms with Gasteiger partial charge in [-0.15, -0.1) is 0 Å². The molecular formula is C20H28N4. The van der Waals surface area contributed by atoms with E-state index in [0.29, 0.717) is 12.1 Å². The molecule has 128 valence electrons. The van der Waals surface area contributed by atoms with Crippen molar-refractivity contribution in [3.05, 3.63) is 60.2 Å². The van der Waals surface area contributed by atoms with Crippen molar-refractivity contribution in [3.8, 4) is 0 Å². The van der Waals surface area contributed by atoms with Gasteiger partial charge in [0.15, 0.2) is 0 Å². The highest BCUT2D eigenvalue weighted by molar-refractivity contribution is 5.10. The summed E-state index contributed by atoms with van der Waals surface area (Å²) in [6, 6.07) is 13.7. The molecule has 2 heterocycles. The minimum atomic E-state index is 0.267. The Labute approximate surface area is 145 Å². The first-order chi connectivity index (χ1) is 11.7. The maximum Gasteiger partial charge on any atom is 0.0570 e. The predicted molar refractivity (Wildman–Crippen MR) is 97.6 cm³/mol. The van der Waals surface area contributed by atoms with Crippen LogP contribution in [0, 0.1) is 0 Å². The summed E-state index contributed by atoms with van der Waals surface area (Å²) in [4.78, 5) is 8.97. The van der Waals surface area contributed by atoms with Gasteiger partial charge in [0.2, 0.25) is 0 Å². The quantitative estimate of drug-likeness (QED) is 0.849. The molecule has 2 aromatic rings. The Balaban J connectivity index is 1.63. The summed E-state index contributed by atoms with van der Waals surface area (Å²) in [5, 5.41) is 7.59. The Bertz CT molecular complexity index is 546. The van der Waals surface area contributed by atoms with Gasteiger partial charge in [-0.3, -0.25) is 9.97 Å². The van der Waals surface area contributed by atoms with Crippen molar-refractivity contribution in [1.82, 2.24) is 20.6 Å². The molecule has 2 N–H and O–H groups in total. The SMILES string of the molecule is C[C@H](N[C@H]1CCCC[C@@H]1N[C@H](C)c1ccccn1)c1ccccn1. The molecule has 4 atom stereocenters. The minimum Gasteiger partial charge on any atom is -0.304 e. The van der Waals surface area contributed by atoms with Crippen molar-refractivity contribution in [2.75, 3.05) is 0 Å². The van der Waals surface area contributed by atoms with E-state index in [2.05, 4.69) is 58.7 Å². The van der Waals surface area contributed by atoms with Gasteiger partial charge >= 0.3 is 0 Å². The van der Waals surface area contributed by atoms with Crippen LogP contribution in [0.25, 0.3) is 0 Å². The molecule has 0 bridgehead atoms. The number of rotatable bonds is 6. The molecule has 0 amide bonds. The Kier molecular flexibility index (Phi) is 5.94. The lowest BCUT2D eigenvalue weighted by Gasteiger charge is -2.36. The summed E-state index contributed by atoms with van der Waals surface area (Å²) >= 11 is 0. The number of hydrogen-bond acceptors (Lipinski definition) is 4. The first kappa shape index (κ1) is 17.1. The molecule has 0 radical (unpaired) electrons. The van der Waals surface area contributed by atoms with Gasteiger partial charge in [0.05, 0.1) is 11.4 Å². The lowest BCUT2D eigenvalue weighted by Crippen LogP contribution is -2.51. The van der Waals surface area contributed by atoms with Crippen molar-refractivity contribution >= 4 is 0 Å². The van der Waals surface area contributed by atoms with Crippen LogP contribution in [0.3, 0.4) is 0 Å². The van der Waals surface area contributed by atoms with E-state index in [1.807, 2.05) is 24.5 Å². The van der Waals surface area contributed by atoms with Crippen LogP contribution in [0.2, 0.25) is 0 Å². The second-order valence-corrected chi connectivity index (χ2v) is 6.78. The van der Waals surface area contributed by atoms with Crippen LogP contribution in [-0.2, 0) is 0 Å². The average molecular weight is 324 g/mol. The van der Waals surface area contributed by atoms with Gasteiger partial charge in [-0.05, 0) is 51.0 Å². The maximum absolute atomic E-state index is 4.48. The van der Waals surface area contributed by atoms with Crippen molar-refractivity contribution < 1.29 is 0 Å². The lowest BCUT2D eigenvalue weighted by molar-refractivity contribution is 0.251. The molecule has 24 heavy (non-hydrogen) atoms. The predicted octanol–water partition coefficient (Wildman–Crippen LogP) is 3.79. The van der Waals surface area contributed by atoms with E-state index in [1.165, 1.54) is 25.7 Å². The first-order valence-electron chi connectivity index (χ1n) is 9.08. The van der Waals surface area contributed by atoms with E-state index in [4.69, 9.17) is 0 Å². The molecule has 3 rings (SSSR count). The molecule has 0 saturated heterocycles. The van der Waals surface area contributed by atoms with Crippen LogP contribution >= 0.6 is 0 Å². The summed E-state index contributed by atoms with van der Waals surface area (Å²) < 4.78 is 0. The van der Waals surface area contributed by atoms with Crippen molar-refractivity contribution in [2.24, 2.45) is 0 Å². The number of hydrogen-bond donors (Lipinski definition) is 2. The van der Waals surface area contributed by atoms with Crippen LogP contribution in [0.15, 0.2) is 48.8 Å². The summed E-state index contributed by atoms with van der Waals surface area (Å²) in [5.74, 6) is 0. The molecule has 4 nitrogen and oxygen atoms in total. The van der Waals surface area contributed by atoms with Gasteiger partial charge in [0.25, 0.3) is 0 Å². The molecular weight excluding hydrogens is 296 g/mol. The summed E-state index contributed by atoms with van der Waals surface area (Å²) in [5.41, 5.74) is 2.22. The Morgan fingerprint density at radius 1 is 0.792 bits per heavy atom. The van der Waals surface area contributed by atoms with E-state index >= 15 is 0 Å². The number of nitrogens with one attached hydrogen (secondary N) is 2. The topological polar surface area (TPSA) is 49.8 Å². The second-order valence-electron chi connectivity index (χ2n) is 6.78. The summed E-state index contributed by atoms with van der Waals surface area (Å²) in [6.07, 6.45) is 8.75. The molecule has 4 heteroatoms. The van der Waals surface area contributed by atoms with Crippen LogP contribution in [0.1, 0.15) is 63.0 Å². The molecule has 2 aromatic heterocycles. The molecule has 1 saturated carbocycles. The third-order valence-electron chi connectivity index (χ3n) is 4.96. The maximum atomic E-state index is 4.48. The van der Waals surface area contributed by atoms with Gasteiger partial charge in [-0.2, -0.15) is 0 Å². The Morgan fingerprint density at radius 2 is 1.25 bits per heavy atom. The van der Waals surface area contributed by atoms with Crippen molar-refractivity contribution in [1.29, 1.82) is 0 Å². The monoisotopic (exact) mass is 324 g/mol. The van der Waals surface area contributed by atoms with Gasteiger partial charge in [0.1, 0.15) is 0 Å². The molecule has 0 spiro atoms. The second kappa shape index (κ2) is 8.36. The largest absolute Gasteiger partial charge is 0.304 e. The standard InChI is InChI=1S/C20H28N4/c1-15(17-9-5-7-13-21-17)23-19-11-3-4-12-20(19)24-16(2)18-10-6-8-14-22-18/h5-10,13-16,19-20,23-24H,3-4,11-12H2,1-2H3/t15-,16+,19-,20-/m0/s1. The van der Waals surface area contributed by atoms with Crippen LogP contribution < -0.4 is 10.6 Å². The first-order valence-corrected chi connectivity index (χ1v) is 9.08. The zero-order chi connectivity index (χ0) is 16.8. The molecule has 0 unspecified atom stereocenters. The number of pyridine rings is 2. The highest BCUT2D eigenvalue weighted by atomic mass is 15.1. The summed E-state index contributed by atoms with van der Waals surface area (Å²) in [6.45, 7) is 4.41. The van der Waals surface area contributed by atoms with Gasteiger partial charge in [-0.1, -0.05) is 25.0 Å². The zero-order valence-electron chi connectivity index (χ0n) is 14.7. The third-order valence-corrected chi connectivity index (χ3v) is 4.96. The molecule has 0 aliphatic heterocycles. The van der Waals surface area contributed by atoms with Crippen LogP contribution in [-0.4, -0.2) is 22.1 Å². The lowest BCUT2D eigenvalue weighted by atomic mass is 9.89. The number of aromatic nitrogens is 2. The molecule has 1 fully saturated rings. The molecule has 0 aromatic carbocycles. The van der Waals surface area contributed by atoms with Crippen molar-refractivity contribution in [2.45, 2.75) is 63.7 Å². The number of nitrogens with zero attached hydrogens (tertiary/aromatic N) is 2. The zero-order valence-corrected chi connectivity index (χ0v) is 14.7. The normalized spacial score (nSPS) is 23.6. The smallest absolute Gasteiger partial charge is 0.0570 e. The van der Waals surface area contributed by atoms with Crippen LogP contribution in [0.5, 0.6) is 0 Å². The fraction of sp³-hybridized carbons (Fsp3) is 0.500. The van der Waals surface area contributed by atoms with E-state index in [9.17, 15) is 0 Å². The van der Waals surface area contributed by atoms with Gasteiger partial charge in [0, 0.05) is 36.6 Å². The fourth-order valence-electron chi connectivity index (χ4n) is 3.61. The Hall–Kier alpha value is -1.78. The van der Waals surface area contributed by atoms with Gasteiger partial charge in [-0.25, -0.2) is 0 Å². The molecule has 1 aliphatic rings. The highest BCUT2D eigenvalue weighted by Gasteiger charge is 2.28. The average Bonchev–Trinajstić information content (AvgIpc) is 2.64. The summed E-state index contributed by atoms with van der Waals surface area (Å²) in [7, 11) is 0. The van der Waals surface area contributed by atoms with Crippen LogP contribution in [0.4, 0.5) is 0 Å². The Morgan fingerprint density at radius 3 is 1.62 bits per heavy atom. The third kappa shape index (κ3) is 4.40. The minimum absolute atomic E-state index is 0.267. The highest BCUT2D eigenvalue weighted by Crippen LogP contribution is 2.24. The molecule has 1 aliphatic carbocycles. The van der Waals surface area contributed by atoms with E-state index in [0.717, 1.165) is 11.4 Å². The fourth-order valence-corrected chi connectivity index (χ4v) is 3.61. The van der Waals surface area contributed by atoms with Gasteiger partial charge < -0.3 is 10.6 Å². The van der Waals surface area contributed by atoms with E-state index < -0.39 is 0 Å².